The molecule has 0 fully saturated rings. The van der Waals surface area contributed by atoms with Crippen molar-refractivity contribution in [2.45, 2.75) is 5.75 Å². The van der Waals surface area contributed by atoms with E-state index < -0.39 is 16.5 Å². The molecule has 0 unspecified atom stereocenters. The van der Waals surface area contributed by atoms with Crippen molar-refractivity contribution in [3.05, 3.63) is 131 Å². The average Bonchev–Trinajstić information content (AvgIpc) is 2.91. The Kier molecular flexibility index (Phi) is 6.91. The van der Waals surface area contributed by atoms with Crippen LogP contribution < -0.4 is 10.3 Å². The van der Waals surface area contributed by atoms with Crippen LogP contribution >= 0.6 is 0 Å². The Bertz CT molecular complexity index is 1660. The second kappa shape index (κ2) is 10.6. The second-order valence-corrected chi connectivity index (χ2v) is 9.24. The molecule has 0 atom stereocenters. The fourth-order valence-corrected chi connectivity index (χ4v) is 4.48. The van der Waals surface area contributed by atoms with Crippen LogP contribution in [0.1, 0.15) is 5.56 Å². The zero-order valence-corrected chi connectivity index (χ0v) is 20.3. The third-order valence-corrected chi connectivity index (χ3v) is 6.37. The molecule has 1 heterocycles. The number of para-hydroxylation sites is 1. The molecule has 5 rings (SSSR count). The molecule has 0 aliphatic carbocycles. The number of nitrogens with zero attached hydrogens (tertiary/aromatic N) is 2. The molecule has 0 aliphatic rings. The molecule has 184 valence electrons. The number of halogens is 1. The summed E-state index contributed by atoms with van der Waals surface area (Å²) >= 11 is 0. The molecule has 8 heteroatoms. The van der Waals surface area contributed by atoms with Crippen molar-refractivity contribution in [2.24, 2.45) is 0 Å². The highest BCUT2D eigenvalue weighted by Gasteiger charge is 2.17. The van der Waals surface area contributed by atoms with Gasteiger partial charge in [-0.25, -0.2) is 12.8 Å². The highest BCUT2D eigenvalue weighted by Crippen LogP contribution is 2.30. The molecular weight excluding hydrogens is 491 g/mol. The first-order chi connectivity index (χ1) is 18.0. The SMILES string of the molecule is O=c1c(-c2ccc(F)cc2)c(-c2ccc(C[SH](=O)=O)cc2)cnn1-c1ccc(Oc2ccccc2)cc1. The summed E-state index contributed by atoms with van der Waals surface area (Å²) in [6.45, 7) is 0. The van der Waals surface area contributed by atoms with Gasteiger partial charge < -0.3 is 4.74 Å². The van der Waals surface area contributed by atoms with Crippen molar-refractivity contribution in [3.8, 4) is 39.4 Å². The van der Waals surface area contributed by atoms with Crippen LogP contribution in [-0.4, -0.2) is 18.2 Å². The molecule has 6 nitrogen and oxygen atoms in total. The summed E-state index contributed by atoms with van der Waals surface area (Å²) in [7, 11) is -2.55. The zero-order chi connectivity index (χ0) is 25.8. The van der Waals surface area contributed by atoms with Crippen molar-refractivity contribution in [2.75, 3.05) is 0 Å². The lowest BCUT2D eigenvalue weighted by Crippen LogP contribution is -2.23. The number of hydrogen-bond acceptors (Lipinski definition) is 5. The molecule has 0 amide bonds. The van der Waals surface area contributed by atoms with Crippen molar-refractivity contribution < 1.29 is 17.5 Å². The molecule has 0 N–H and O–H groups in total. The Morgan fingerprint density at radius 2 is 1.38 bits per heavy atom. The van der Waals surface area contributed by atoms with Crippen LogP contribution in [0, 0.1) is 5.82 Å². The molecule has 0 spiro atoms. The van der Waals surface area contributed by atoms with Crippen molar-refractivity contribution in [3.63, 3.8) is 0 Å². The number of benzene rings is 4. The van der Waals surface area contributed by atoms with E-state index in [2.05, 4.69) is 5.10 Å². The average molecular weight is 513 g/mol. The Balaban J connectivity index is 1.56. The molecule has 0 saturated carbocycles. The number of ether oxygens (including phenoxy) is 1. The van der Waals surface area contributed by atoms with Crippen molar-refractivity contribution >= 4 is 10.7 Å². The Morgan fingerprint density at radius 3 is 2.03 bits per heavy atom. The molecule has 0 aliphatic heterocycles. The lowest BCUT2D eigenvalue weighted by molar-refractivity contribution is 0.482. The molecule has 0 radical (unpaired) electrons. The maximum Gasteiger partial charge on any atom is 0.279 e. The van der Waals surface area contributed by atoms with Gasteiger partial charge in [-0.05, 0) is 65.2 Å². The lowest BCUT2D eigenvalue weighted by Gasteiger charge is -2.13. The second-order valence-electron chi connectivity index (χ2n) is 8.25. The maximum atomic E-state index is 13.7. The smallest absolute Gasteiger partial charge is 0.279 e. The van der Waals surface area contributed by atoms with E-state index in [-0.39, 0.29) is 11.3 Å². The van der Waals surface area contributed by atoms with Gasteiger partial charge in [0.2, 0.25) is 0 Å². The summed E-state index contributed by atoms with van der Waals surface area (Å²) in [6.07, 6.45) is 1.58. The molecule has 4 aromatic carbocycles. The molecule has 0 saturated heterocycles. The van der Waals surface area contributed by atoms with Gasteiger partial charge in [0.15, 0.2) is 0 Å². The molecule has 1 aromatic heterocycles. The van der Waals surface area contributed by atoms with Crippen LogP contribution in [0.3, 0.4) is 0 Å². The summed E-state index contributed by atoms with van der Waals surface area (Å²) in [5.41, 5.74) is 2.92. The maximum absolute atomic E-state index is 13.7. The van der Waals surface area contributed by atoms with E-state index in [4.69, 9.17) is 4.74 Å². The summed E-state index contributed by atoms with van der Waals surface area (Å²) < 4.78 is 42.9. The van der Waals surface area contributed by atoms with Gasteiger partial charge in [0.25, 0.3) is 5.56 Å². The first kappa shape index (κ1) is 24.1. The fraction of sp³-hybridized carbons (Fsp3) is 0.0345. The third kappa shape index (κ3) is 5.49. The quantitative estimate of drug-likeness (QED) is 0.287. The van der Waals surface area contributed by atoms with Crippen LogP contribution in [0.15, 0.2) is 114 Å². The Labute approximate surface area is 214 Å². The molecule has 0 bridgehead atoms. The summed E-state index contributed by atoms with van der Waals surface area (Å²) in [5, 5.41) is 4.41. The normalized spacial score (nSPS) is 11.0. The van der Waals surface area contributed by atoms with Gasteiger partial charge in [-0.2, -0.15) is 9.78 Å². The minimum absolute atomic E-state index is 0.0652. The van der Waals surface area contributed by atoms with Gasteiger partial charge in [-0.1, -0.05) is 54.6 Å². The van der Waals surface area contributed by atoms with Gasteiger partial charge >= 0.3 is 0 Å². The van der Waals surface area contributed by atoms with E-state index in [1.54, 1.807) is 66.9 Å². The number of rotatable bonds is 7. The highest BCUT2D eigenvalue weighted by molar-refractivity contribution is 7.71. The Morgan fingerprint density at radius 1 is 0.757 bits per heavy atom. The fourth-order valence-electron chi connectivity index (χ4n) is 3.97. The molecule has 5 aromatic rings. The van der Waals surface area contributed by atoms with Gasteiger partial charge in [0, 0.05) is 5.56 Å². The summed E-state index contributed by atoms with van der Waals surface area (Å²) in [6, 6.07) is 28.9. The third-order valence-electron chi connectivity index (χ3n) is 5.75. The minimum Gasteiger partial charge on any atom is -0.457 e. The van der Waals surface area contributed by atoms with Gasteiger partial charge in [-0.15, -0.1) is 0 Å². The van der Waals surface area contributed by atoms with Gasteiger partial charge in [0.1, 0.15) is 28.0 Å². The first-order valence-corrected chi connectivity index (χ1v) is 12.8. The standard InChI is InChI=1S/C29H21FN2O4S/c30-23-12-10-22(11-13-23)28-27(21-8-6-20(7-9-21)19-37(34)35)18-31-32(29(28)33)24-14-16-26(17-15-24)36-25-4-2-1-3-5-25/h1-18,37H,19H2. The first-order valence-electron chi connectivity index (χ1n) is 11.4. The minimum atomic E-state index is -2.55. The Hall–Kier alpha value is -4.56. The predicted molar refractivity (Wildman–Crippen MR) is 141 cm³/mol. The van der Waals surface area contributed by atoms with E-state index >= 15 is 0 Å². The summed E-state index contributed by atoms with van der Waals surface area (Å²) in [4.78, 5) is 13.7. The van der Waals surface area contributed by atoms with E-state index in [9.17, 15) is 17.6 Å². The lowest BCUT2D eigenvalue weighted by atomic mass is 9.96. The van der Waals surface area contributed by atoms with Gasteiger partial charge in [0.05, 0.1) is 23.2 Å². The number of hydrogen-bond donors (Lipinski definition) is 1. The summed E-state index contributed by atoms with van der Waals surface area (Å²) in [5.74, 6) is 0.828. The van der Waals surface area contributed by atoms with Crippen LogP contribution in [0.5, 0.6) is 11.5 Å². The van der Waals surface area contributed by atoms with Gasteiger partial charge in [-0.3, -0.25) is 4.79 Å². The van der Waals surface area contributed by atoms with Crippen LogP contribution in [0.25, 0.3) is 27.9 Å². The monoisotopic (exact) mass is 512 g/mol. The van der Waals surface area contributed by atoms with Crippen LogP contribution in [-0.2, 0) is 16.5 Å². The molecule has 37 heavy (non-hydrogen) atoms. The van der Waals surface area contributed by atoms with E-state index in [1.165, 1.54) is 16.8 Å². The topological polar surface area (TPSA) is 78.3 Å². The largest absolute Gasteiger partial charge is 0.457 e. The van der Waals surface area contributed by atoms with Crippen LogP contribution in [0.4, 0.5) is 4.39 Å². The predicted octanol–water partition coefficient (Wildman–Crippen LogP) is 5.61. The van der Waals surface area contributed by atoms with Crippen LogP contribution in [0.2, 0.25) is 0 Å². The molecular formula is C29H21FN2O4S. The number of aromatic nitrogens is 2. The van der Waals surface area contributed by atoms with E-state index in [0.717, 1.165) is 0 Å². The highest BCUT2D eigenvalue weighted by atomic mass is 32.2. The van der Waals surface area contributed by atoms with E-state index in [0.29, 0.717) is 45.0 Å². The number of thiol groups is 1. The van der Waals surface area contributed by atoms with E-state index in [1.807, 2.05) is 30.3 Å². The van der Waals surface area contributed by atoms with Crippen molar-refractivity contribution in [1.29, 1.82) is 0 Å². The zero-order valence-electron chi connectivity index (χ0n) is 19.5. The van der Waals surface area contributed by atoms with Crippen molar-refractivity contribution in [1.82, 2.24) is 9.78 Å².